The maximum atomic E-state index is 12.2. The van der Waals surface area contributed by atoms with Crippen molar-refractivity contribution in [1.29, 1.82) is 0 Å². The van der Waals surface area contributed by atoms with Crippen LogP contribution in [0.3, 0.4) is 0 Å². The van der Waals surface area contributed by atoms with Crippen molar-refractivity contribution in [2.75, 3.05) is 39.7 Å². The van der Waals surface area contributed by atoms with Gasteiger partial charge in [0.15, 0.2) is 11.5 Å². The molecule has 0 saturated carbocycles. The molecule has 0 unspecified atom stereocenters. The smallest absolute Gasteiger partial charge is 0.292 e. The summed E-state index contributed by atoms with van der Waals surface area (Å²) in [5.74, 6) is 1.16. The lowest BCUT2D eigenvalue weighted by Crippen LogP contribution is -2.30. The number of benzene rings is 2. The van der Waals surface area contributed by atoms with E-state index in [0.717, 1.165) is 0 Å². The molecule has 0 aliphatic rings. The van der Waals surface area contributed by atoms with Crippen molar-refractivity contribution >= 4 is 17.3 Å². The molecule has 9 heteroatoms. The number of nitrogens with zero attached hydrogens (tertiary/aromatic N) is 1. The normalized spacial score (nSPS) is 10.1. The fraction of sp³-hybridized carbons (Fsp3) is 0.316. The zero-order chi connectivity index (χ0) is 20.5. The summed E-state index contributed by atoms with van der Waals surface area (Å²) < 4.78 is 15.9. The molecule has 0 fully saturated rings. The second-order valence-corrected chi connectivity index (χ2v) is 5.72. The van der Waals surface area contributed by atoms with E-state index in [1.165, 1.54) is 27.4 Å². The van der Waals surface area contributed by atoms with Crippen LogP contribution < -0.4 is 24.8 Å². The Labute approximate surface area is 162 Å². The summed E-state index contributed by atoms with van der Waals surface area (Å²) in [5.41, 5.74) is 1.05. The molecule has 0 aliphatic carbocycles. The highest BCUT2D eigenvalue weighted by Gasteiger charge is 2.18. The summed E-state index contributed by atoms with van der Waals surface area (Å²) in [5, 5.41) is 16.7. The van der Waals surface area contributed by atoms with Gasteiger partial charge in [-0.25, -0.2) is 0 Å². The van der Waals surface area contributed by atoms with Crippen molar-refractivity contribution in [1.82, 2.24) is 5.32 Å². The molecule has 0 radical (unpaired) electrons. The Hall–Kier alpha value is -3.49. The van der Waals surface area contributed by atoms with E-state index in [1.54, 1.807) is 30.3 Å². The zero-order valence-corrected chi connectivity index (χ0v) is 16.0. The van der Waals surface area contributed by atoms with Crippen molar-refractivity contribution in [3.05, 3.63) is 52.1 Å². The summed E-state index contributed by atoms with van der Waals surface area (Å²) in [7, 11) is 4.52. The number of ether oxygens (including phenoxy) is 3. The molecule has 0 atom stereocenters. The summed E-state index contributed by atoms with van der Waals surface area (Å²) in [6.07, 6.45) is 0.0923. The van der Waals surface area contributed by atoms with Crippen LogP contribution in [0.15, 0.2) is 36.4 Å². The van der Waals surface area contributed by atoms with Gasteiger partial charge in [-0.2, -0.15) is 0 Å². The van der Waals surface area contributed by atoms with E-state index in [0.29, 0.717) is 41.6 Å². The van der Waals surface area contributed by atoms with Gasteiger partial charge in [-0.1, -0.05) is 18.2 Å². The number of nitrogens with one attached hydrogen (secondary N) is 2. The van der Waals surface area contributed by atoms with Crippen molar-refractivity contribution in [2.24, 2.45) is 0 Å². The van der Waals surface area contributed by atoms with Crippen LogP contribution in [-0.2, 0) is 11.2 Å². The zero-order valence-electron chi connectivity index (χ0n) is 16.0. The lowest BCUT2D eigenvalue weighted by molar-refractivity contribution is -0.384. The van der Waals surface area contributed by atoms with E-state index < -0.39 is 4.92 Å². The summed E-state index contributed by atoms with van der Waals surface area (Å²) >= 11 is 0. The van der Waals surface area contributed by atoms with E-state index in [4.69, 9.17) is 14.2 Å². The van der Waals surface area contributed by atoms with E-state index in [9.17, 15) is 14.9 Å². The quantitative estimate of drug-likeness (QED) is 0.364. The van der Waals surface area contributed by atoms with Crippen LogP contribution >= 0.6 is 0 Å². The monoisotopic (exact) mass is 389 g/mol. The summed E-state index contributed by atoms with van der Waals surface area (Å²) in [6, 6.07) is 9.79. The van der Waals surface area contributed by atoms with Crippen molar-refractivity contribution in [3.8, 4) is 17.2 Å². The second kappa shape index (κ2) is 10.0. The Kier molecular flexibility index (Phi) is 7.44. The van der Waals surface area contributed by atoms with Gasteiger partial charge < -0.3 is 24.8 Å². The largest absolute Gasteiger partial charge is 0.493 e. The first-order chi connectivity index (χ1) is 13.5. The number of hydrogen-bond acceptors (Lipinski definition) is 7. The third-order valence-electron chi connectivity index (χ3n) is 4.00. The van der Waals surface area contributed by atoms with Gasteiger partial charge in [0.2, 0.25) is 11.7 Å². The Morgan fingerprint density at radius 1 is 1.00 bits per heavy atom. The fourth-order valence-corrected chi connectivity index (χ4v) is 2.72. The molecular weight excluding hydrogens is 366 g/mol. The lowest BCUT2D eigenvalue weighted by atomic mass is 10.1. The van der Waals surface area contributed by atoms with Gasteiger partial charge in [-0.05, 0) is 12.1 Å². The van der Waals surface area contributed by atoms with Gasteiger partial charge in [0.05, 0.1) is 32.7 Å². The number of methoxy groups -OCH3 is 3. The minimum Gasteiger partial charge on any atom is -0.493 e. The standard InChI is InChI=1S/C19H23N3O6/c1-26-16-9-8-13(18(27-2)19(16)28-3)12-17(23)21-11-10-20-14-6-4-5-7-15(14)22(24)25/h4-9,20H,10-12H2,1-3H3,(H,21,23). The number of amides is 1. The number of para-hydroxylation sites is 2. The third-order valence-corrected chi connectivity index (χ3v) is 4.00. The topological polar surface area (TPSA) is 112 Å². The van der Waals surface area contributed by atoms with E-state index >= 15 is 0 Å². The van der Waals surface area contributed by atoms with Crippen molar-refractivity contribution in [3.63, 3.8) is 0 Å². The number of carbonyl (C=O) groups excluding carboxylic acids is 1. The van der Waals surface area contributed by atoms with Crippen LogP contribution in [-0.4, -0.2) is 45.2 Å². The van der Waals surface area contributed by atoms with Crippen molar-refractivity contribution < 1.29 is 23.9 Å². The molecule has 0 spiro atoms. The van der Waals surface area contributed by atoms with E-state index in [2.05, 4.69) is 10.6 Å². The average Bonchev–Trinajstić information content (AvgIpc) is 2.70. The highest BCUT2D eigenvalue weighted by molar-refractivity contribution is 5.80. The average molecular weight is 389 g/mol. The van der Waals surface area contributed by atoms with Crippen LogP contribution in [0, 0.1) is 10.1 Å². The first kappa shape index (κ1) is 20.8. The highest BCUT2D eigenvalue weighted by atomic mass is 16.6. The molecule has 0 saturated heterocycles. The molecule has 9 nitrogen and oxygen atoms in total. The predicted molar refractivity (Wildman–Crippen MR) is 104 cm³/mol. The molecule has 0 heterocycles. The van der Waals surface area contributed by atoms with Crippen LogP contribution in [0.1, 0.15) is 5.56 Å². The van der Waals surface area contributed by atoms with E-state index in [1.807, 2.05) is 0 Å². The number of nitro groups is 1. The van der Waals surface area contributed by atoms with Crippen LogP contribution in [0.25, 0.3) is 0 Å². The molecular formula is C19H23N3O6. The van der Waals surface area contributed by atoms with Gasteiger partial charge in [-0.15, -0.1) is 0 Å². The van der Waals surface area contributed by atoms with E-state index in [-0.39, 0.29) is 18.0 Å². The number of rotatable bonds is 10. The van der Waals surface area contributed by atoms with Crippen molar-refractivity contribution in [2.45, 2.75) is 6.42 Å². The minimum atomic E-state index is -0.454. The molecule has 2 rings (SSSR count). The molecule has 0 aliphatic heterocycles. The maximum absolute atomic E-state index is 12.2. The maximum Gasteiger partial charge on any atom is 0.292 e. The van der Waals surface area contributed by atoms with Gasteiger partial charge in [-0.3, -0.25) is 14.9 Å². The Bertz CT molecular complexity index is 840. The molecule has 1 amide bonds. The summed E-state index contributed by atoms with van der Waals surface area (Å²) in [4.78, 5) is 22.8. The van der Waals surface area contributed by atoms with Gasteiger partial charge in [0.25, 0.3) is 5.69 Å². The lowest BCUT2D eigenvalue weighted by Gasteiger charge is -2.15. The molecule has 2 aromatic rings. The SMILES string of the molecule is COc1ccc(CC(=O)NCCNc2ccccc2[N+](=O)[O-])c(OC)c1OC. The van der Waals surface area contributed by atoms with Gasteiger partial charge >= 0.3 is 0 Å². The van der Waals surface area contributed by atoms with Crippen LogP contribution in [0.4, 0.5) is 11.4 Å². The second-order valence-electron chi connectivity index (χ2n) is 5.72. The first-order valence-corrected chi connectivity index (χ1v) is 8.53. The number of carbonyl (C=O) groups is 1. The molecule has 28 heavy (non-hydrogen) atoms. The Balaban J connectivity index is 1.92. The van der Waals surface area contributed by atoms with Gasteiger partial charge in [0.1, 0.15) is 5.69 Å². The number of nitro benzene ring substituents is 1. The number of hydrogen-bond donors (Lipinski definition) is 2. The molecule has 0 aromatic heterocycles. The fourth-order valence-electron chi connectivity index (χ4n) is 2.72. The Morgan fingerprint density at radius 2 is 1.71 bits per heavy atom. The van der Waals surface area contributed by atoms with Gasteiger partial charge in [0, 0.05) is 24.7 Å². The molecule has 0 bridgehead atoms. The Morgan fingerprint density at radius 3 is 2.36 bits per heavy atom. The van der Waals surface area contributed by atoms with Crippen LogP contribution in [0.2, 0.25) is 0 Å². The molecule has 2 N–H and O–H groups in total. The molecule has 2 aromatic carbocycles. The highest BCUT2D eigenvalue weighted by Crippen LogP contribution is 2.39. The molecule has 150 valence electrons. The summed E-state index contributed by atoms with van der Waals surface area (Å²) in [6.45, 7) is 0.653. The third kappa shape index (κ3) is 5.03. The number of anilines is 1. The minimum absolute atomic E-state index is 0.0103. The van der Waals surface area contributed by atoms with Crippen LogP contribution in [0.5, 0.6) is 17.2 Å². The first-order valence-electron chi connectivity index (χ1n) is 8.53. The predicted octanol–water partition coefficient (Wildman–Crippen LogP) is 2.39.